The van der Waals surface area contributed by atoms with Crippen molar-refractivity contribution in [3.8, 4) is 5.75 Å². The summed E-state index contributed by atoms with van der Waals surface area (Å²) in [4.78, 5) is 0.827. The van der Waals surface area contributed by atoms with E-state index < -0.39 is 6.10 Å². The minimum absolute atomic E-state index is 0.646. The minimum atomic E-state index is -0.646. The first-order chi connectivity index (χ1) is 7.63. The summed E-state index contributed by atoms with van der Waals surface area (Å²) >= 11 is 9.88. The molecular formula is C10H8Br2O2S2. The van der Waals surface area contributed by atoms with Crippen LogP contribution in [0.2, 0.25) is 0 Å². The minimum Gasteiger partial charge on any atom is -0.495 e. The van der Waals surface area contributed by atoms with Gasteiger partial charge in [0, 0.05) is 5.56 Å². The summed E-state index contributed by atoms with van der Waals surface area (Å²) in [7, 11) is 1.61. The number of aliphatic hydroxyl groups excluding tert-OH is 1. The van der Waals surface area contributed by atoms with Crippen LogP contribution in [0.5, 0.6) is 5.75 Å². The van der Waals surface area contributed by atoms with Crippen LogP contribution >= 0.6 is 54.5 Å². The third-order valence-corrected chi connectivity index (χ3v) is 5.44. The molecule has 0 fully saturated rings. The van der Waals surface area contributed by atoms with Gasteiger partial charge in [-0.2, -0.15) is 0 Å². The Morgan fingerprint density at radius 3 is 2.75 bits per heavy atom. The van der Waals surface area contributed by atoms with Crippen LogP contribution in [-0.2, 0) is 0 Å². The lowest BCUT2D eigenvalue weighted by Gasteiger charge is -2.09. The monoisotopic (exact) mass is 382 g/mol. The van der Waals surface area contributed by atoms with Crippen molar-refractivity contribution < 1.29 is 9.84 Å². The SMILES string of the molecule is COc1ccsc1C(O)c1cc(Br)sc1Br. The Bertz CT molecular complexity index is 493. The second kappa shape index (κ2) is 5.18. The molecule has 1 unspecified atom stereocenters. The Balaban J connectivity index is 2.38. The van der Waals surface area contributed by atoms with E-state index >= 15 is 0 Å². The molecule has 2 nitrogen and oxygen atoms in total. The molecule has 2 rings (SSSR count). The zero-order valence-electron chi connectivity index (χ0n) is 8.24. The maximum Gasteiger partial charge on any atom is 0.135 e. The third-order valence-electron chi connectivity index (χ3n) is 2.10. The molecule has 0 amide bonds. The second-order valence-corrected chi connectivity index (χ2v) is 7.73. The quantitative estimate of drug-likeness (QED) is 0.849. The van der Waals surface area contributed by atoms with Crippen LogP contribution in [0.4, 0.5) is 0 Å². The summed E-state index contributed by atoms with van der Waals surface area (Å²) < 4.78 is 7.12. The van der Waals surface area contributed by atoms with Gasteiger partial charge in [0.05, 0.1) is 19.6 Å². The Hall–Kier alpha value is 0.120. The van der Waals surface area contributed by atoms with Gasteiger partial charge in [0.2, 0.25) is 0 Å². The fourth-order valence-corrected chi connectivity index (χ4v) is 5.10. The zero-order valence-corrected chi connectivity index (χ0v) is 13.0. The van der Waals surface area contributed by atoms with Gasteiger partial charge in [-0.05, 0) is 49.4 Å². The average Bonchev–Trinajstić information content (AvgIpc) is 2.83. The summed E-state index contributed by atoms with van der Waals surface area (Å²) in [6.45, 7) is 0. The normalized spacial score (nSPS) is 12.8. The summed E-state index contributed by atoms with van der Waals surface area (Å²) in [6.07, 6.45) is -0.646. The molecule has 0 aliphatic rings. The van der Waals surface area contributed by atoms with Crippen molar-refractivity contribution >= 4 is 54.5 Å². The van der Waals surface area contributed by atoms with Crippen molar-refractivity contribution in [2.75, 3.05) is 7.11 Å². The van der Waals surface area contributed by atoms with Crippen LogP contribution in [0, 0.1) is 0 Å². The summed E-state index contributed by atoms with van der Waals surface area (Å²) in [6, 6.07) is 3.77. The van der Waals surface area contributed by atoms with Gasteiger partial charge in [-0.15, -0.1) is 22.7 Å². The molecule has 16 heavy (non-hydrogen) atoms. The van der Waals surface area contributed by atoms with Gasteiger partial charge in [-0.25, -0.2) is 0 Å². The van der Waals surface area contributed by atoms with Gasteiger partial charge in [0.25, 0.3) is 0 Å². The van der Waals surface area contributed by atoms with Gasteiger partial charge < -0.3 is 9.84 Å². The predicted molar refractivity (Wildman–Crippen MR) is 74.7 cm³/mol. The maximum atomic E-state index is 10.3. The smallest absolute Gasteiger partial charge is 0.135 e. The van der Waals surface area contributed by atoms with Crippen molar-refractivity contribution in [3.63, 3.8) is 0 Å². The van der Waals surface area contributed by atoms with Gasteiger partial charge in [-0.3, -0.25) is 0 Å². The number of hydrogen-bond donors (Lipinski definition) is 1. The van der Waals surface area contributed by atoms with E-state index in [2.05, 4.69) is 31.9 Å². The highest BCUT2D eigenvalue weighted by Gasteiger charge is 2.21. The number of rotatable bonds is 3. The van der Waals surface area contributed by atoms with Gasteiger partial charge in [-0.1, -0.05) is 0 Å². The molecule has 0 radical (unpaired) electrons. The van der Waals surface area contributed by atoms with Crippen molar-refractivity contribution in [1.29, 1.82) is 0 Å². The van der Waals surface area contributed by atoms with Crippen LogP contribution in [0.1, 0.15) is 16.5 Å². The topological polar surface area (TPSA) is 29.5 Å². The highest BCUT2D eigenvalue weighted by molar-refractivity contribution is 9.12. The molecule has 0 saturated carbocycles. The van der Waals surface area contributed by atoms with E-state index in [9.17, 15) is 5.11 Å². The lowest BCUT2D eigenvalue weighted by Crippen LogP contribution is -1.98. The molecule has 1 atom stereocenters. The molecule has 2 aromatic rings. The summed E-state index contributed by atoms with van der Waals surface area (Å²) in [5.41, 5.74) is 0.859. The molecular weight excluding hydrogens is 376 g/mol. The fourth-order valence-electron chi connectivity index (χ4n) is 1.36. The summed E-state index contributed by atoms with van der Waals surface area (Å²) in [5, 5.41) is 12.2. The number of thiophene rings is 2. The van der Waals surface area contributed by atoms with E-state index in [-0.39, 0.29) is 0 Å². The molecule has 0 spiro atoms. The van der Waals surface area contributed by atoms with Crippen molar-refractivity contribution in [3.05, 3.63) is 35.5 Å². The van der Waals surface area contributed by atoms with Crippen LogP contribution in [0.3, 0.4) is 0 Å². The molecule has 0 aliphatic carbocycles. The number of halogens is 2. The van der Waals surface area contributed by atoms with E-state index in [1.54, 1.807) is 18.4 Å². The Morgan fingerprint density at radius 2 is 2.19 bits per heavy atom. The standard InChI is InChI=1S/C10H8Br2O2S2/c1-14-6-2-3-15-9(6)8(13)5-4-7(11)16-10(5)12/h2-4,8,13H,1H3. The third kappa shape index (κ3) is 2.36. The molecule has 86 valence electrons. The average molecular weight is 384 g/mol. The van der Waals surface area contributed by atoms with E-state index in [0.29, 0.717) is 0 Å². The molecule has 6 heteroatoms. The molecule has 0 aromatic carbocycles. The Labute approximate surface area is 118 Å². The number of methoxy groups -OCH3 is 1. The van der Waals surface area contributed by atoms with Crippen LogP contribution < -0.4 is 4.74 Å². The fraction of sp³-hybridized carbons (Fsp3) is 0.200. The molecule has 0 bridgehead atoms. The number of aliphatic hydroxyl groups is 1. The van der Waals surface area contributed by atoms with E-state index in [0.717, 1.165) is 23.8 Å². The highest BCUT2D eigenvalue weighted by Crippen LogP contribution is 2.41. The highest BCUT2D eigenvalue weighted by atomic mass is 79.9. The van der Waals surface area contributed by atoms with Crippen molar-refractivity contribution in [2.45, 2.75) is 6.10 Å². The van der Waals surface area contributed by atoms with Crippen LogP contribution in [-0.4, -0.2) is 12.2 Å². The molecule has 2 heterocycles. The van der Waals surface area contributed by atoms with Crippen molar-refractivity contribution in [1.82, 2.24) is 0 Å². The van der Waals surface area contributed by atoms with E-state index in [1.165, 1.54) is 11.3 Å². The van der Waals surface area contributed by atoms with Crippen LogP contribution in [0.25, 0.3) is 0 Å². The predicted octanol–water partition coefficient (Wildman–Crippen LogP) is 4.42. The molecule has 2 aromatic heterocycles. The van der Waals surface area contributed by atoms with Gasteiger partial charge in [0.15, 0.2) is 0 Å². The summed E-state index contributed by atoms with van der Waals surface area (Å²) in [5.74, 6) is 0.728. The number of hydrogen-bond acceptors (Lipinski definition) is 4. The van der Waals surface area contributed by atoms with E-state index in [1.807, 2.05) is 17.5 Å². The second-order valence-electron chi connectivity index (χ2n) is 3.04. The first-order valence-corrected chi connectivity index (χ1v) is 7.66. The first kappa shape index (κ1) is 12.6. The lowest BCUT2D eigenvalue weighted by atomic mass is 10.1. The van der Waals surface area contributed by atoms with Crippen molar-refractivity contribution in [2.24, 2.45) is 0 Å². The largest absolute Gasteiger partial charge is 0.495 e. The number of ether oxygens (including phenoxy) is 1. The zero-order chi connectivity index (χ0) is 11.7. The van der Waals surface area contributed by atoms with E-state index in [4.69, 9.17) is 4.74 Å². The molecule has 1 N–H and O–H groups in total. The Morgan fingerprint density at radius 1 is 1.44 bits per heavy atom. The molecule has 0 aliphatic heterocycles. The van der Waals surface area contributed by atoms with Crippen LogP contribution in [0.15, 0.2) is 25.1 Å². The lowest BCUT2D eigenvalue weighted by molar-refractivity contribution is 0.219. The maximum absolute atomic E-state index is 10.3. The van der Waals surface area contributed by atoms with Gasteiger partial charge in [0.1, 0.15) is 11.9 Å². The van der Waals surface area contributed by atoms with Gasteiger partial charge >= 0.3 is 0 Å². The molecule has 0 saturated heterocycles. The Kier molecular flexibility index (Phi) is 4.07. The first-order valence-electron chi connectivity index (χ1n) is 4.37.